The summed E-state index contributed by atoms with van der Waals surface area (Å²) >= 11 is 2.80. The second-order valence-electron chi connectivity index (χ2n) is 7.45. The van der Waals surface area contributed by atoms with Crippen LogP contribution in [0.5, 0.6) is 5.75 Å². The zero-order valence-corrected chi connectivity index (χ0v) is 20.1. The third kappa shape index (κ3) is 7.16. The molecule has 1 amide bonds. The van der Waals surface area contributed by atoms with Crippen molar-refractivity contribution in [2.45, 2.75) is 17.4 Å². The lowest BCUT2D eigenvalue weighted by atomic mass is 10.1. The Hall–Kier alpha value is -2.66. The molecule has 0 aliphatic carbocycles. The molecule has 3 aromatic rings. The molecule has 1 aromatic heterocycles. The van der Waals surface area contributed by atoms with E-state index in [1.54, 1.807) is 7.11 Å². The maximum Gasteiger partial charge on any atom is 0.230 e. The first kappa shape index (κ1) is 23.5. The number of benzene rings is 2. The topological polar surface area (TPSA) is 88.6 Å². The zero-order chi connectivity index (χ0) is 22.9. The van der Waals surface area contributed by atoms with E-state index >= 15 is 0 Å². The number of methoxy groups -OCH3 is 1. The van der Waals surface area contributed by atoms with Crippen molar-refractivity contribution in [2.24, 2.45) is 0 Å². The average molecular weight is 486 g/mol. The van der Waals surface area contributed by atoms with Gasteiger partial charge in [-0.25, -0.2) is 0 Å². The molecule has 0 saturated carbocycles. The number of hydrogen-bond acceptors (Lipinski definition) is 9. The summed E-state index contributed by atoms with van der Waals surface area (Å²) in [5, 5.41) is 15.2. The molecule has 2 heterocycles. The molecule has 0 unspecified atom stereocenters. The Kier molecular flexibility index (Phi) is 8.53. The van der Waals surface area contributed by atoms with E-state index in [1.165, 1.54) is 28.7 Å². The minimum atomic E-state index is -0.0268. The Morgan fingerprint density at radius 1 is 1.12 bits per heavy atom. The predicted molar refractivity (Wildman–Crippen MR) is 131 cm³/mol. The Morgan fingerprint density at radius 2 is 1.88 bits per heavy atom. The molecule has 33 heavy (non-hydrogen) atoms. The number of morpholine rings is 1. The van der Waals surface area contributed by atoms with Gasteiger partial charge in [-0.05, 0) is 35.4 Å². The van der Waals surface area contributed by atoms with Crippen molar-refractivity contribution in [3.8, 4) is 5.75 Å². The number of nitrogens with zero attached hydrogens (tertiary/aromatic N) is 3. The summed E-state index contributed by atoms with van der Waals surface area (Å²) < 4.78 is 11.3. The molecule has 0 radical (unpaired) electrons. The van der Waals surface area contributed by atoms with E-state index in [-0.39, 0.29) is 5.91 Å². The van der Waals surface area contributed by atoms with Gasteiger partial charge < -0.3 is 20.1 Å². The highest BCUT2D eigenvalue weighted by atomic mass is 32.2. The minimum Gasteiger partial charge on any atom is -0.497 e. The number of carbonyl (C=O) groups excluding carboxylic acids is 1. The normalized spacial score (nSPS) is 14.1. The summed E-state index contributed by atoms with van der Waals surface area (Å²) in [6.45, 7) is 4.82. The van der Waals surface area contributed by atoms with Gasteiger partial charge in [-0.3, -0.25) is 9.69 Å². The minimum absolute atomic E-state index is 0.0268. The van der Waals surface area contributed by atoms with Gasteiger partial charge in [0.25, 0.3) is 0 Å². The Labute approximate surface area is 201 Å². The first-order valence-corrected chi connectivity index (χ1v) is 12.5. The SMILES string of the molecule is COc1ccc(Nc2nnc(SCC(=O)NCc3ccccc3CN3CCOCC3)s2)cc1. The van der Waals surface area contributed by atoms with Gasteiger partial charge >= 0.3 is 0 Å². The second kappa shape index (κ2) is 12.0. The fourth-order valence-corrected chi connectivity index (χ4v) is 4.98. The van der Waals surface area contributed by atoms with Gasteiger partial charge in [-0.2, -0.15) is 0 Å². The number of hydrogen-bond donors (Lipinski definition) is 2. The monoisotopic (exact) mass is 485 g/mol. The number of amides is 1. The molecule has 0 spiro atoms. The van der Waals surface area contributed by atoms with E-state index < -0.39 is 0 Å². The molecule has 8 nitrogen and oxygen atoms in total. The van der Waals surface area contributed by atoms with Crippen LogP contribution in [-0.4, -0.2) is 60.2 Å². The van der Waals surface area contributed by atoms with Gasteiger partial charge in [0.15, 0.2) is 4.34 Å². The second-order valence-corrected chi connectivity index (χ2v) is 9.65. The summed E-state index contributed by atoms with van der Waals surface area (Å²) in [5.41, 5.74) is 3.28. The van der Waals surface area contributed by atoms with Crippen molar-refractivity contribution in [1.29, 1.82) is 0 Å². The predicted octanol–water partition coefficient (Wildman–Crippen LogP) is 3.53. The number of aromatic nitrogens is 2. The molecule has 0 bridgehead atoms. The van der Waals surface area contributed by atoms with Crippen LogP contribution in [0.4, 0.5) is 10.8 Å². The maximum atomic E-state index is 12.4. The lowest BCUT2D eigenvalue weighted by Crippen LogP contribution is -2.36. The smallest absolute Gasteiger partial charge is 0.230 e. The molecule has 174 valence electrons. The average Bonchev–Trinajstić information content (AvgIpc) is 3.30. The van der Waals surface area contributed by atoms with E-state index in [1.807, 2.05) is 36.4 Å². The summed E-state index contributed by atoms with van der Waals surface area (Å²) in [6.07, 6.45) is 0. The van der Waals surface area contributed by atoms with Crippen LogP contribution in [0.25, 0.3) is 0 Å². The van der Waals surface area contributed by atoms with Crippen LogP contribution in [0.1, 0.15) is 11.1 Å². The van der Waals surface area contributed by atoms with Crippen molar-refractivity contribution in [1.82, 2.24) is 20.4 Å². The molecule has 10 heteroatoms. The zero-order valence-electron chi connectivity index (χ0n) is 18.5. The van der Waals surface area contributed by atoms with Crippen LogP contribution in [-0.2, 0) is 22.6 Å². The summed E-state index contributed by atoms with van der Waals surface area (Å²) in [4.78, 5) is 14.8. The van der Waals surface area contributed by atoms with E-state index in [0.29, 0.717) is 17.4 Å². The molecular formula is C23H27N5O3S2. The highest BCUT2D eigenvalue weighted by Crippen LogP contribution is 2.28. The van der Waals surface area contributed by atoms with Gasteiger partial charge in [0.2, 0.25) is 11.0 Å². The highest BCUT2D eigenvalue weighted by Gasteiger charge is 2.13. The lowest BCUT2D eigenvalue weighted by Gasteiger charge is -2.27. The molecule has 2 aromatic carbocycles. The molecule has 0 atom stereocenters. The summed E-state index contributed by atoms with van der Waals surface area (Å²) in [6, 6.07) is 15.8. The molecule has 4 rings (SSSR count). The van der Waals surface area contributed by atoms with Crippen LogP contribution in [0.3, 0.4) is 0 Å². The molecular weight excluding hydrogens is 458 g/mol. The Morgan fingerprint density at radius 3 is 2.64 bits per heavy atom. The first-order valence-electron chi connectivity index (χ1n) is 10.7. The van der Waals surface area contributed by atoms with E-state index in [2.05, 4.69) is 37.9 Å². The highest BCUT2D eigenvalue weighted by molar-refractivity contribution is 8.01. The summed E-state index contributed by atoms with van der Waals surface area (Å²) in [5.74, 6) is 1.06. The van der Waals surface area contributed by atoms with E-state index in [4.69, 9.17) is 9.47 Å². The number of ether oxygens (including phenoxy) is 2. The number of thioether (sulfide) groups is 1. The van der Waals surface area contributed by atoms with Crippen molar-refractivity contribution < 1.29 is 14.3 Å². The van der Waals surface area contributed by atoms with Crippen molar-refractivity contribution in [3.05, 3.63) is 59.7 Å². The summed E-state index contributed by atoms with van der Waals surface area (Å²) in [7, 11) is 1.64. The molecule has 1 aliphatic heterocycles. The van der Waals surface area contributed by atoms with Crippen molar-refractivity contribution >= 4 is 39.8 Å². The van der Waals surface area contributed by atoms with Crippen molar-refractivity contribution in [3.63, 3.8) is 0 Å². The van der Waals surface area contributed by atoms with Gasteiger partial charge in [0, 0.05) is 31.9 Å². The van der Waals surface area contributed by atoms with Crippen LogP contribution < -0.4 is 15.4 Å². The van der Waals surface area contributed by atoms with Gasteiger partial charge in [0.05, 0.1) is 26.1 Å². The van der Waals surface area contributed by atoms with Crippen LogP contribution in [0, 0.1) is 0 Å². The third-order valence-corrected chi connectivity index (χ3v) is 7.14. The molecule has 1 fully saturated rings. The van der Waals surface area contributed by atoms with Gasteiger partial charge in [-0.1, -0.05) is 47.4 Å². The fourth-order valence-electron chi connectivity index (χ4n) is 3.37. The number of rotatable bonds is 10. The molecule has 1 saturated heterocycles. The number of carbonyl (C=O) groups is 1. The van der Waals surface area contributed by atoms with Crippen LogP contribution in [0.15, 0.2) is 52.9 Å². The standard InChI is InChI=1S/C23H27N5O3S2/c1-30-20-8-6-19(7-9-20)25-22-26-27-23(33-22)32-16-21(29)24-14-17-4-2-3-5-18(17)15-28-10-12-31-13-11-28/h2-9H,10-16H2,1H3,(H,24,29)(H,25,26). The first-order chi connectivity index (χ1) is 16.2. The lowest BCUT2D eigenvalue weighted by molar-refractivity contribution is -0.118. The van der Waals surface area contributed by atoms with Crippen LogP contribution >= 0.6 is 23.1 Å². The largest absolute Gasteiger partial charge is 0.497 e. The Balaban J connectivity index is 1.23. The van der Waals surface area contributed by atoms with Gasteiger partial charge in [-0.15, -0.1) is 10.2 Å². The maximum absolute atomic E-state index is 12.4. The van der Waals surface area contributed by atoms with E-state index in [0.717, 1.165) is 54.2 Å². The van der Waals surface area contributed by atoms with E-state index in [9.17, 15) is 4.79 Å². The van der Waals surface area contributed by atoms with Gasteiger partial charge in [0.1, 0.15) is 5.75 Å². The Bertz CT molecular complexity index is 1040. The third-order valence-electron chi connectivity index (χ3n) is 5.17. The molecule has 1 aliphatic rings. The number of nitrogens with one attached hydrogen (secondary N) is 2. The fraction of sp³-hybridized carbons (Fsp3) is 0.348. The number of anilines is 2. The van der Waals surface area contributed by atoms with Crippen molar-refractivity contribution in [2.75, 3.05) is 44.5 Å². The molecule has 2 N–H and O–H groups in total. The van der Waals surface area contributed by atoms with Crippen LogP contribution in [0.2, 0.25) is 0 Å². The quantitative estimate of drug-likeness (QED) is 0.422.